The number of carbonyl (C=O) groups excluding carboxylic acids is 1. The van der Waals surface area contributed by atoms with Crippen molar-refractivity contribution in [3.63, 3.8) is 0 Å². The van der Waals surface area contributed by atoms with E-state index in [1.54, 1.807) is 18.2 Å². The van der Waals surface area contributed by atoms with Crippen molar-refractivity contribution in [3.05, 3.63) is 63.6 Å². The van der Waals surface area contributed by atoms with Crippen molar-refractivity contribution < 1.29 is 4.79 Å². The van der Waals surface area contributed by atoms with Crippen LogP contribution >= 0.6 is 23.2 Å². The third-order valence-corrected chi connectivity index (χ3v) is 3.46. The van der Waals surface area contributed by atoms with E-state index in [0.29, 0.717) is 15.6 Å². The van der Waals surface area contributed by atoms with E-state index in [1.807, 2.05) is 31.2 Å². The summed E-state index contributed by atoms with van der Waals surface area (Å²) >= 11 is 12.1. The number of halogens is 2. The van der Waals surface area contributed by atoms with Gasteiger partial charge in [0, 0.05) is 21.3 Å². The average molecular weight is 309 g/mol. The van der Waals surface area contributed by atoms with Gasteiger partial charge in [-0.05, 0) is 42.8 Å². The van der Waals surface area contributed by atoms with Crippen molar-refractivity contribution in [2.75, 3.05) is 5.32 Å². The third-order valence-electron chi connectivity index (χ3n) is 2.88. The molecule has 2 rings (SSSR count). The molecule has 3 N–H and O–H groups in total. The molecule has 0 fully saturated rings. The molecule has 0 radical (unpaired) electrons. The second-order valence-corrected chi connectivity index (χ2v) is 5.36. The van der Waals surface area contributed by atoms with Crippen LogP contribution in [0.25, 0.3) is 0 Å². The number of rotatable bonds is 4. The molecule has 0 saturated carbocycles. The van der Waals surface area contributed by atoms with Gasteiger partial charge in [-0.1, -0.05) is 35.3 Å². The summed E-state index contributed by atoms with van der Waals surface area (Å²) in [6.07, 6.45) is 0. The summed E-state index contributed by atoms with van der Waals surface area (Å²) in [6.45, 7) is 1.97. The van der Waals surface area contributed by atoms with Gasteiger partial charge >= 0.3 is 0 Å². The summed E-state index contributed by atoms with van der Waals surface area (Å²) in [5, 5.41) is 4.03. The minimum Gasteiger partial charge on any atom is -0.370 e. The molecule has 0 saturated heterocycles. The van der Waals surface area contributed by atoms with Crippen LogP contribution in [-0.4, -0.2) is 5.91 Å². The Labute approximate surface area is 127 Å². The molecule has 2 aromatic rings. The molecule has 0 aliphatic rings. The van der Waals surface area contributed by atoms with E-state index in [-0.39, 0.29) is 0 Å². The van der Waals surface area contributed by atoms with Crippen LogP contribution in [0.5, 0.6) is 0 Å². The maximum atomic E-state index is 11.7. The van der Waals surface area contributed by atoms with Gasteiger partial charge in [-0.2, -0.15) is 0 Å². The number of aryl methyl sites for hydroxylation is 1. The fourth-order valence-corrected chi connectivity index (χ4v) is 2.35. The summed E-state index contributed by atoms with van der Waals surface area (Å²) in [6, 6.07) is 11.9. The molecule has 2 aromatic carbocycles. The summed E-state index contributed by atoms with van der Waals surface area (Å²) in [7, 11) is 0. The minimum absolute atomic E-state index is 0.443. The highest BCUT2D eigenvalue weighted by atomic mass is 35.5. The molecule has 3 nitrogen and oxygen atoms in total. The molecule has 5 heteroatoms. The van der Waals surface area contributed by atoms with Crippen LogP contribution < -0.4 is 11.1 Å². The predicted molar refractivity (Wildman–Crippen MR) is 83.2 cm³/mol. The van der Waals surface area contributed by atoms with E-state index in [1.165, 1.54) is 0 Å². The molecule has 0 heterocycles. The SMILES string of the molecule is Cc1cccc(NC(C(N)=O)c2cc(Cl)ccc2Cl)c1. The first kappa shape index (κ1) is 14.7. The van der Waals surface area contributed by atoms with Gasteiger partial charge in [-0.3, -0.25) is 4.79 Å². The lowest BCUT2D eigenvalue weighted by molar-refractivity contribution is -0.118. The number of carbonyl (C=O) groups is 1. The predicted octanol–water partition coefficient (Wildman–Crippen LogP) is 3.94. The number of primary amides is 1. The topological polar surface area (TPSA) is 55.1 Å². The lowest BCUT2D eigenvalue weighted by Crippen LogP contribution is -2.28. The van der Waals surface area contributed by atoms with Crippen LogP contribution in [0.3, 0.4) is 0 Å². The maximum Gasteiger partial charge on any atom is 0.244 e. The van der Waals surface area contributed by atoms with Crippen molar-refractivity contribution in [2.24, 2.45) is 5.73 Å². The first-order valence-electron chi connectivity index (χ1n) is 6.05. The Kier molecular flexibility index (Phi) is 4.53. The Hall–Kier alpha value is -1.71. The molecule has 0 bridgehead atoms. The van der Waals surface area contributed by atoms with Gasteiger partial charge in [-0.15, -0.1) is 0 Å². The maximum absolute atomic E-state index is 11.7. The number of nitrogens with one attached hydrogen (secondary N) is 1. The summed E-state index contributed by atoms with van der Waals surface area (Å²) in [5.74, 6) is -0.518. The van der Waals surface area contributed by atoms with Crippen molar-refractivity contribution in [3.8, 4) is 0 Å². The molecule has 104 valence electrons. The van der Waals surface area contributed by atoms with E-state index in [2.05, 4.69) is 5.32 Å². The van der Waals surface area contributed by atoms with Crippen molar-refractivity contribution >= 4 is 34.8 Å². The van der Waals surface area contributed by atoms with E-state index in [4.69, 9.17) is 28.9 Å². The Morgan fingerprint density at radius 3 is 2.60 bits per heavy atom. The summed E-state index contributed by atoms with van der Waals surface area (Å²) in [5.41, 5.74) is 7.91. The number of benzene rings is 2. The second-order valence-electron chi connectivity index (χ2n) is 4.52. The number of hydrogen-bond acceptors (Lipinski definition) is 2. The highest BCUT2D eigenvalue weighted by Gasteiger charge is 2.20. The third kappa shape index (κ3) is 3.44. The largest absolute Gasteiger partial charge is 0.370 e. The quantitative estimate of drug-likeness (QED) is 0.899. The molecule has 0 aliphatic carbocycles. The van der Waals surface area contributed by atoms with Crippen molar-refractivity contribution in [1.82, 2.24) is 0 Å². The molecule has 1 amide bonds. The van der Waals surface area contributed by atoms with Crippen LogP contribution in [0, 0.1) is 6.92 Å². The van der Waals surface area contributed by atoms with Gasteiger partial charge in [-0.25, -0.2) is 0 Å². The Bertz CT molecular complexity index is 644. The van der Waals surface area contributed by atoms with Gasteiger partial charge in [0.1, 0.15) is 6.04 Å². The standard InChI is InChI=1S/C15H14Cl2N2O/c1-9-3-2-4-11(7-9)19-14(15(18)20)12-8-10(16)5-6-13(12)17/h2-8,14,19H,1H3,(H2,18,20). The molecule has 1 atom stereocenters. The smallest absolute Gasteiger partial charge is 0.244 e. The van der Waals surface area contributed by atoms with E-state index in [0.717, 1.165) is 11.3 Å². The highest BCUT2D eigenvalue weighted by Crippen LogP contribution is 2.29. The lowest BCUT2D eigenvalue weighted by Gasteiger charge is -2.19. The average Bonchev–Trinajstić information content (AvgIpc) is 2.39. The van der Waals surface area contributed by atoms with Gasteiger partial charge < -0.3 is 11.1 Å². The molecule has 0 aliphatic heterocycles. The first-order valence-corrected chi connectivity index (χ1v) is 6.80. The summed E-state index contributed by atoms with van der Waals surface area (Å²) < 4.78 is 0. The van der Waals surface area contributed by atoms with Crippen LogP contribution in [-0.2, 0) is 4.79 Å². The monoisotopic (exact) mass is 308 g/mol. The fourth-order valence-electron chi connectivity index (χ4n) is 1.94. The van der Waals surface area contributed by atoms with Gasteiger partial charge in [0.2, 0.25) is 5.91 Å². The lowest BCUT2D eigenvalue weighted by atomic mass is 10.1. The molecule has 0 spiro atoms. The van der Waals surface area contributed by atoms with E-state index in [9.17, 15) is 4.79 Å². The zero-order chi connectivity index (χ0) is 14.7. The molecular formula is C15H14Cl2N2O. The molecule has 1 unspecified atom stereocenters. The van der Waals surface area contributed by atoms with E-state index >= 15 is 0 Å². The van der Waals surface area contributed by atoms with Crippen LogP contribution in [0.2, 0.25) is 10.0 Å². The Balaban J connectivity index is 2.37. The second kappa shape index (κ2) is 6.16. The Morgan fingerprint density at radius 1 is 1.20 bits per heavy atom. The molecule has 0 aromatic heterocycles. The first-order chi connectivity index (χ1) is 9.47. The molecular weight excluding hydrogens is 295 g/mol. The van der Waals surface area contributed by atoms with Crippen molar-refractivity contribution in [2.45, 2.75) is 13.0 Å². The molecule has 20 heavy (non-hydrogen) atoms. The number of amides is 1. The Morgan fingerprint density at radius 2 is 1.95 bits per heavy atom. The fraction of sp³-hybridized carbons (Fsp3) is 0.133. The minimum atomic E-state index is -0.733. The van der Waals surface area contributed by atoms with E-state index < -0.39 is 11.9 Å². The summed E-state index contributed by atoms with van der Waals surface area (Å²) in [4.78, 5) is 11.7. The van der Waals surface area contributed by atoms with Crippen LogP contribution in [0.15, 0.2) is 42.5 Å². The highest BCUT2D eigenvalue weighted by molar-refractivity contribution is 6.33. The van der Waals surface area contributed by atoms with Crippen LogP contribution in [0.1, 0.15) is 17.2 Å². The zero-order valence-electron chi connectivity index (χ0n) is 10.9. The van der Waals surface area contributed by atoms with Crippen LogP contribution in [0.4, 0.5) is 5.69 Å². The van der Waals surface area contributed by atoms with Crippen molar-refractivity contribution in [1.29, 1.82) is 0 Å². The van der Waals surface area contributed by atoms with Gasteiger partial charge in [0.05, 0.1) is 0 Å². The number of hydrogen-bond donors (Lipinski definition) is 2. The van der Waals surface area contributed by atoms with Gasteiger partial charge in [0.25, 0.3) is 0 Å². The zero-order valence-corrected chi connectivity index (χ0v) is 12.4. The number of anilines is 1. The van der Waals surface area contributed by atoms with Gasteiger partial charge in [0.15, 0.2) is 0 Å². The normalized spacial score (nSPS) is 11.9. The number of nitrogens with two attached hydrogens (primary N) is 1.